The molecular formula is C13H13Cl2FN4O2S. The van der Waals surface area contributed by atoms with Gasteiger partial charge in [0.25, 0.3) is 0 Å². The van der Waals surface area contributed by atoms with E-state index in [4.69, 9.17) is 23.2 Å². The number of thioether (sulfide) groups is 1. The number of nitrogens with zero attached hydrogens (tertiary/aromatic N) is 4. The van der Waals surface area contributed by atoms with Crippen LogP contribution in [0.5, 0.6) is 0 Å². The van der Waals surface area contributed by atoms with Gasteiger partial charge in [-0.3, -0.25) is 0 Å². The molecule has 0 aliphatic carbocycles. The zero-order valence-corrected chi connectivity index (χ0v) is 14.3. The van der Waals surface area contributed by atoms with E-state index in [1.54, 1.807) is 11.2 Å². The van der Waals surface area contributed by atoms with E-state index in [0.717, 1.165) is 0 Å². The quantitative estimate of drug-likeness (QED) is 0.480. The van der Waals surface area contributed by atoms with Gasteiger partial charge in [0.2, 0.25) is 0 Å². The maximum atomic E-state index is 14.3. The first kappa shape index (κ1) is 16.9. The molecule has 2 atom stereocenters. The molecule has 1 aliphatic rings. The molecule has 0 bridgehead atoms. The summed E-state index contributed by atoms with van der Waals surface area (Å²) < 4.78 is 14.3. The minimum absolute atomic E-state index is 0.0212. The van der Waals surface area contributed by atoms with Gasteiger partial charge < -0.3 is 15.1 Å². The Morgan fingerprint density at radius 2 is 2.04 bits per heavy atom. The average molecular weight is 379 g/mol. The van der Waals surface area contributed by atoms with E-state index < -0.39 is 11.9 Å². The molecule has 2 N–H and O–H groups in total. The molecule has 124 valence electrons. The van der Waals surface area contributed by atoms with E-state index in [1.807, 2.05) is 0 Å². The molecule has 1 fully saturated rings. The number of β-amino-alcohol motifs (C(OH)–C–C–N with tert-alkyl or cyclic N) is 1. The number of hydrogen-bond acceptors (Lipinski definition) is 7. The highest BCUT2D eigenvalue weighted by atomic mass is 35.5. The standard InChI is InChI=1S/C13H13Cl2FN4O2S/c1-23-13-17-9-7(10(14)18-11(15)8(9)16)12(19-13)20-3-6(22)2-5(20)4-21/h5-6,21-22H,2-4H2,1H3/t5-,6?/m0/s1. The minimum Gasteiger partial charge on any atom is -0.394 e. The van der Waals surface area contributed by atoms with Gasteiger partial charge in [-0.1, -0.05) is 35.0 Å². The van der Waals surface area contributed by atoms with Crippen molar-refractivity contribution < 1.29 is 14.6 Å². The van der Waals surface area contributed by atoms with E-state index in [-0.39, 0.29) is 40.4 Å². The van der Waals surface area contributed by atoms with Gasteiger partial charge in [0, 0.05) is 6.54 Å². The zero-order valence-electron chi connectivity index (χ0n) is 12.0. The summed E-state index contributed by atoms with van der Waals surface area (Å²) >= 11 is 13.1. The molecule has 6 nitrogen and oxygen atoms in total. The Bertz CT molecular complexity index is 767. The highest BCUT2D eigenvalue weighted by Gasteiger charge is 2.34. The normalized spacial score (nSPS) is 21.4. The Morgan fingerprint density at radius 1 is 1.30 bits per heavy atom. The predicted octanol–water partition coefficient (Wildman–Crippen LogP) is 2.12. The molecule has 3 rings (SSSR count). The van der Waals surface area contributed by atoms with Gasteiger partial charge in [-0.05, 0) is 12.7 Å². The first-order chi connectivity index (χ1) is 11.0. The largest absolute Gasteiger partial charge is 0.394 e. The summed E-state index contributed by atoms with van der Waals surface area (Å²) in [6.07, 6.45) is 1.53. The second-order valence-corrected chi connectivity index (χ2v) is 6.63. The first-order valence-electron chi connectivity index (χ1n) is 6.78. The van der Waals surface area contributed by atoms with Crippen LogP contribution >= 0.6 is 35.0 Å². The fraction of sp³-hybridized carbons (Fsp3) is 0.462. The molecule has 0 saturated carbocycles. The number of fused-ring (bicyclic) bond motifs is 1. The lowest BCUT2D eigenvalue weighted by Gasteiger charge is -2.25. The van der Waals surface area contributed by atoms with E-state index in [0.29, 0.717) is 17.4 Å². The van der Waals surface area contributed by atoms with Crippen molar-refractivity contribution in [3.63, 3.8) is 0 Å². The highest BCUT2D eigenvalue weighted by molar-refractivity contribution is 7.98. The third-order valence-electron chi connectivity index (χ3n) is 3.72. The monoisotopic (exact) mass is 378 g/mol. The lowest BCUT2D eigenvalue weighted by molar-refractivity contribution is 0.184. The summed E-state index contributed by atoms with van der Waals surface area (Å²) in [5, 5.41) is 19.6. The number of halogens is 3. The van der Waals surface area contributed by atoms with Crippen LogP contribution in [0.2, 0.25) is 10.3 Å². The second-order valence-electron chi connectivity index (χ2n) is 5.14. The fourth-order valence-electron chi connectivity index (χ4n) is 2.69. The fourth-order valence-corrected chi connectivity index (χ4v) is 3.53. The Kier molecular flexibility index (Phi) is 4.80. The Morgan fingerprint density at radius 3 is 2.70 bits per heavy atom. The van der Waals surface area contributed by atoms with Crippen molar-refractivity contribution in [2.75, 3.05) is 24.3 Å². The molecule has 1 saturated heterocycles. The van der Waals surface area contributed by atoms with Crippen LogP contribution in [-0.4, -0.2) is 56.7 Å². The molecule has 2 aromatic heterocycles. The summed E-state index contributed by atoms with van der Waals surface area (Å²) in [5.41, 5.74) is -0.0255. The average Bonchev–Trinajstić information content (AvgIpc) is 2.92. The van der Waals surface area contributed by atoms with Crippen LogP contribution in [0.4, 0.5) is 10.2 Å². The molecule has 0 spiro atoms. The summed E-state index contributed by atoms with van der Waals surface area (Å²) in [5.74, 6) is -0.437. The lowest BCUT2D eigenvalue weighted by atomic mass is 10.2. The van der Waals surface area contributed by atoms with Gasteiger partial charge in [-0.25, -0.2) is 19.3 Å². The SMILES string of the molecule is CSc1nc(N2CC(O)C[C@H]2CO)c2c(Cl)nc(Cl)c(F)c2n1. The number of aliphatic hydroxyl groups is 2. The maximum Gasteiger partial charge on any atom is 0.189 e. The number of pyridine rings is 1. The number of hydrogen-bond donors (Lipinski definition) is 2. The Labute approximate surface area is 145 Å². The Hall–Kier alpha value is -0.930. The molecular weight excluding hydrogens is 366 g/mol. The maximum absolute atomic E-state index is 14.3. The number of aromatic nitrogens is 3. The zero-order chi connectivity index (χ0) is 16.7. The Balaban J connectivity index is 2.29. The summed E-state index contributed by atoms with van der Waals surface area (Å²) in [4.78, 5) is 14.0. The van der Waals surface area contributed by atoms with Gasteiger partial charge >= 0.3 is 0 Å². The van der Waals surface area contributed by atoms with E-state index in [9.17, 15) is 14.6 Å². The van der Waals surface area contributed by atoms with Crippen molar-refractivity contribution >= 4 is 51.7 Å². The molecule has 1 unspecified atom stereocenters. The smallest absolute Gasteiger partial charge is 0.189 e. The second kappa shape index (κ2) is 6.52. The molecule has 3 heterocycles. The molecule has 0 radical (unpaired) electrons. The third-order valence-corrected chi connectivity index (χ3v) is 4.79. The highest BCUT2D eigenvalue weighted by Crippen LogP contribution is 2.37. The predicted molar refractivity (Wildman–Crippen MR) is 87.9 cm³/mol. The third kappa shape index (κ3) is 2.94. The van der Waals surface area contributed by atoms with Gasteiger partial charge in [0.15, 0.2) is 16.1 Å². The van der Waals surface area contributed by atoms with Gasteiger partial charge in [0.05, 0.1) is 24.1 Å². The van der Waals surface area contributed by atoms with E-state index in [1.165, 1.54) is 11.8 Å². The molecule has 2 aromatic rings. The van der Waals surface area contributed by atoms with Gasteiger partial charge in [0.1, 0.15) is 16.5 Å². The number of anilines is 1. The van der Waals surface area contributed by atoms with Crippen molar-refractivity contribution in [1.82, 2.24) is 15.0 Å². The topological polar surface area (TPSA) is 82.4 Å². The van der Waals surface area contributed by atoms with Crippen molar-refractivity contribution in [3.8, 4) is 0 Å². The molecule has 0 aromatic carbocycles. The van der Waals surface area contributed by atoms with Crippen LogP contribution in [-0.2, 0) is 0 Å². The van der Waals surface area contributed by atoms with Crippen LogP contribution < -0.4 is 4.90 Å². The van der Waals surface area contributed by atoms with Crippen molar-refractivity contribution in [2.45, 2.75) is 23.7 Å². The van der Waals surface area contributed by atoms with Crippen LogP contribution in [0, 0.1) is 5.82 Å². The first-order valence-corrected chi connectivity index (χ1v) is 8.76. The van der Waals surface area contributed by atoms with Crippen molar-refractivity contribution in [1.29, 1.82) is 0 Å². The van der Waals surface area contributed by atoms with Crippen LogP contribution in [0.3, 0.4) is 0 Å². The molecule has 10 heteroatoms. The number of aliphatic hydroxyl groups excluding tert-OH is 2. The number of rotatable bonds is 3. The summed E-state index contributed by atoms with van der Waals surface area (Å²) in [7, 11) is 0. The lowest BCUT2D eigenvalue weighted by Crippen LogP contribution is -2.33. The van der Waals surface area contributed by atoms with Crippen LogP contribution in [0.15, 0.2) is 5.16 Å². The molecule has 1 aliphatic heterocycles. The van der Waals surface area contributed by atoms with Crippen LogP contribution in [0.25, 0.3) is 10.9 Å². The van der Waals surface area contributed by atoms with Gasteiger partial charge in [-0.15, -0.1) is 0 Å². The van der Waals surface area contributed by atoms with Crippen LogP contribution in [0.1, 0.15) is 6.42 Å². The van der Waals surface area contributed by atoms with Crippen molar-refractivity contribution in [2.24, 2.45) is 0 Å². The summed E-state index contributed by atoms with van der Waals surface area (Å²) in [6, 6.07) is -0.340. The van der Waals surface area contributed by atoms with E-state index in [2.05, 4.69) is 15.0 Å². The molecule has 23 heavy (non-hydrogen) atoms. The summed E-state index contributed by atoms with van der Waals surface area (Å²) in [6.45, 7) is 0.0873. The van der Waals surface area contributed by atoms with Crippen molar-refractivity contribution in [3.05, 3.63) is 16.1 Å². The van der Waals surface area contributed by atoms with E-state index >= 15 is 0 Å². The van der Waals surface area contributed by atoms with Gasteiger partial charge in [-0.2, -0.15) is 0 Å². The minimum atomic E-state index is -0.773. The molecule has 0 amide bonds.